The first kappa shape index (κ1) is 14.8. The van der Waals surface area contributed by atoms with E-state index >= 15 is 0 Å². The second-order valence-electron chi connectivity index (χ2n) is 4.14. The van der Waals surface area contributed by atoms with E-state index in [1.807, 2.05) is 24.3 Å². The summed E-state index contributed by atoms with van der Waals surface area (Å²) < 4.78 is 1.26. The molecular weight excluding hydrogens is 292 g/mol. The summed E-state index contributed by atoms with van der Waals surface area (Å²) in [5.41, 5.74) is 1.71. The number of thiol groups is 1. The molecule has 0 saturated carbocycles. The molecule has 1 radical (unpaired) electrons. The summed E-state index contributed by atoms with van der Waals surface area (Å²) >= 11 is 10.2. The highest BCUT2D eigenvalue weighted by molar-refractivity contribution is 7.82. The number of hydrogen-bond donors (Lipinski definition) is 2. The van der Waals surface area contributed by atoms with E-state index in [1.165, 1.54) is 4.31 Å². The third kappa shape index (κ3) is 3.92. The molecule has 5 heteroatoms. The molecule has 3 nitrogen and oxygen atoms in total. The van der Waals surface area contributed by atoms with Crippen LogP contribution in [0.1, 0.15) is 5.56 Å². The van der Waals surface area contributed by atoms with Crippen LogP contribution in [0.3, 0.4) is 0 Å². The Labute approximate surface area is 129 Å². The van der Waals surface area contributed by atoms with E-state index in [4.69, 9.17) is 11.6 Å². The number of carbonyl (C=O) groups excluding carboxylic acids is 1. The van der Waals surface area contributed by atoms with Gasteiger partial charge in [0.1, 0.15) is 0 Å². The molecule has 2 aromatic carbocycles. The molecule has 1 N–H and O–H groups in total. The second kappa shape index (κ2) is 7.22. The number of carbonyl (C=O) groups is 1. The van der Waals surface area contributed by atoms with Gasteiger partial charge in [0.25, 0.3) is 0 Å². The van der Waals surface area contributed by atoms with Crippen LogP contribution in [0.2, 0.25) is 5.02 Å². The monoisotopic (exact) mass is 305 g/mol. The number of anilines is 1. The van der Waals surface area contributed by atoms with Gasteiger partial charge in [-0.1, -0.05) is 54.7 Å². The number of benzene rings is 2. The average Bonchev–Trinajstić information content (AvgIpc) is 2.49. The minimum atomic E-state index is -0.272. The number of amides is 2. The predicted octanol–water partition coefficient (Wildman–Crippen LogP) is 3.74. The number of hydrogen-bond acceptors (Lipinski definition) is 2. The van der Waals surface area contributed by atoms with Crippen LogP contribution >= 0.6 is 24.4 Å². The van der Waals surface area contributed by atoms with Crippen molar-refractivity contribution in [2.45, 2.75) is 6.42 Å². The summed E-state index contributed by atoms with van der Waals surface area (Å²) in [6.07, 6.45) is 0.676. The fourth-order valence-corrected chi connectivity index (χ4v) is 2.15. The first-order valence-corrected chi connectivity index (χ1v) is 6.92. The molecule has 0 atom stereocenters. The lowest BCUT2D eigenvalue weighted by Gasteiger charge is -2.16. The van der Waals surface area contributed by atoms with Crippen molar-refractivity contribution >= 4 is 36.1 Å². The van der Waals surface area contributed by atoms with Crippen LogP contribution in [0.15, 0.2) is 48.5 Å². The Morgan fingerprint density at radius 3 is 2.65 bits per heavy atom. The molecule has 0 aliphatic heterocycles. The minimum Gasteiger partial charge on any atom is -0.337 e. The zero-order valence-corrected chi connectivity index (χ0v) is 12.4. The van der Waals surface area contributed by atoms with E-state index in [2.05, 4.69) is 24.2 Å². The normalized spacial score (nSPS) is 10.1. The van der Waals surface area contributed by atoms with Gasteiger partial charge in [0, 0.05) is 11.6 Å². The molecular formula is C15H14ClN2OS. The highest BCUT2D eigenvalue weighted by Gasteiger charge is 2.10. The number of urea groups is 1. The Morgan fingerprint density at radius 1 is 1.25 bits per heavy atom. The molecule has 20 heavy (non-hydrogen) atoms. The fraction of sp³-hybridized carbons (Fsp3) is 0.133. The lowest BCUT2D eigenvalue weighted by Crippen LogP contribution is -2.35. The Balaban J connectivity index is 1.85. The number of nitrogens with zero attached hydrogens (tertiary/aromatic N) is 1. The molecule has 0 unspecified atom stereocenters. The quantitative estimate of drug-likeness (QED) is 0.829. The average molecular weight is 306 g/mol. The van der Waals surface area contributed by atoms with Gasteiger partial charge in [0.05, 0.1) is 5.69 Å². The molecule has 0 bridgehead atoms. The third-order valence-electron chi connectivity index (χ3n) is 2.77. The van der Waals surface area contributed by atoms with Crippen molar-refractivity contribution in [3.05, 3.63) is 65.2 Å². The maximum atomic E-state index is 11.9. The first-order chi connectivity index (χ1) is 9.68. The molecule has 103 valence electrons. The van der Waals surface area contributed by atoms with Crippen molar-refractivity contribution in [2.75, 3.05) is 10.8 Å². The second-order valence-corrected chi connectivity index (χ2v) is 4.95. The summed E-state index contributed by atoms with van der Waals surface area (Å²) in [5, 5.41) is 3.51. The van der Waals surface area contributed by atoms with Crippen molar-refractivity contribution in [3.63, 3.8) is 0 Å². The summed E-state index contributed by atoms with van der Waals surface area (Å²) in [7, 11) is 0. The van der Waals surface area contributed by atoms with Crippen LogP contribution in [0.25, 0.3) is 0 Å². The summed E-state index contributed by atoms with van der Waals surface area (Å²) in [6.45, 7) is 0.499. The zero-order valence-electron chi connectivity index (χ0n) is 10.7. The van der Waals surface area contributed by atoms with Crippen LogP contribution in [-0.4, -0.2) is 12.6 Å². The van der Waals surface area contributed by atoms with Gasteiger partial charge >= 0.3 is 6.03 Å². The van der Waals surface area contributed by atoms with Crippen molar-refractivity contribution < 1.29 is 4.79 Å². The van der Waals surface area contributed by atoms with Crippen molar-refractivity contribution in [1.29, 1.82) is 0 Å². The molecule has 0 spiro atoms. The molecule has 0 fully saturated rings. The predicted molar refractivity (Wildman–Crippen MR) is 85.3 cm³/mol. The number of rotatable bonds is 4. The largest absolute Gasteiger partial charge is 0.337 e. The number of nitrogens with one attached hydrogen (secondary N) is 1. The van der Waals surface area contributed by atoms with E-state index in [1.54, 1.807) is 24.3 Å². The molecule has 2 amide bonds. The first-order valence-electron chi connectivity index (χ1n) is 6.15. The van der Waals surface area contributed by atoms with Gasteiger partial charge in [-0.05, 0) is 36.2 Å². The zero-order chi connectivity index (χ0) is 14.4. The van der Waals surface area contributed by atoms with Gasteiger partial charge in [-0.25, -0.2) is 9.10 Å². The van der Waals surface area contributed by atoms with E-state index < -0.39 is 0 Å². The van der Waals surface area contributed by atoms with Crippen molar-refractivity contribution in [2.24, 2.45) is 0 Å². The lowest BCUT2D eigenvalue weighted by atomic mass is 10.1. The van der Waals surface area contributed by atoms with Gasteiger partial charge in [-0.2, -0.15) is 0 Å². The smallest absolute Gasteiger partial charge is 0.331 e. The van der Waals surface area contributed by atoms with Crippen LogP contribution < -0.4 is 9.62 Å². The summed E-state index contributed by atoms with van der Waals surface area (Å²) in [4.78, 5) is 11.9. The maximum Gasteiger partial charge on any atom is 0.331 e. The molecule has 0 heterocycles. The summed E-state index contributed by atoms with van der Waals surface area (Å²) in [6, 6.07) is 17.2. The van der Waals surface area contributed by atoms with Crippen LogP contribution in [0.4, 0.5) is 10.5 Å². The van der Waals surface area contributed by atoms with Crippen molar-refractivity contribution in [1.82, 2.24) is 5.32 Å². The maximum absolute atomic E-state index is 11.9. The van der Waals surface area contributed by atoms with Gasteiger partial charge in [-0.3, -0.25) is 0 Å². The Morgan fingerprint density at radius 2 is 1.95 bits per heavy atom. The summed E-state index contributed by atoms with van der Waals surface area (Å²) in [5.74, 6) is 0. The Kier molecular flexibility index (Phi) is 5.32. The Hall–Kier alpha value is -1.65. The molecule has 0 aliphatic carbocycles. The Bertz CT molecular complexity index is 577. The van der Waals surface area contributed by atoms with Gasteiger partial charge in [-0.15, -0.1) is 0 Å². The van der Waals surface area contributed by atoms with E-state index in [9.17, 15) is 4.79 Å². The molecule has 0 aliphatic rings. The fourth-order valence-electron chi connectivity index (χ4n) is 1.72. The molecule has 2 aromatic rings. The molecule has 0 saturated heterocycles. The molecule has 2 rings (SSSR count). The molecule has 0 aromatic heterocycles. The van der Waals surface area contributed by atoms with Gasteiger partial charge < -0.3 is 5.32 Å². The van der Waals surface area contributed by atoms with Crippen molar-refractivity contribution in [3.8, 4) is 0 Å². The standard InChI is InChI=1S/C15H14ClN2OS/c16-14-9-5-4-6-12(14)10-11-17-15(19)18(20)13-7-2-1-3-8-13/h2-9,20H,10-11H2,(H,17,19). The van der Waals surface area contributed by atoms with Crippen LogP contribution in [0, 0.1) is 6.07 Å². The third-order valence-corrected chi connectivity index (χ3v) is 3.55. The lowest BCUT2D eigenvalue weighted by molar-refractivity contribution is 0.250. The van der Waals surface area contributed by atoms with E-state index in [0.29, 0.717) is 23.7 Å². The van der Waals surface area contributed by atoms with Gasteiger partial charge in [0.2, 0.25) is 0 Å². The highest BCUT2D eigenvalue weighted by atomic mass is 35.5. The van der Waals surface area contributed by atoms with E-state index in [-0.39, 0.29) is 6.03 Å². The van der Waals surface area contributed by atoms with Crippen LogP contribution in [-0.2, 0) is 6.42 Å². The van der Waals surface area contributed by atoms with Gasteiger partial charge in [0.15, 0.2) is 0 Å². The SMILES string of the molecule is O=C(NCCc1ccccc1Cl)N(S)c1cc[c]cc1. The topological polar surface area (TPSA) is 32.3 Å². The minimum absolute atomic E-state index is 0.272. The van der Waals surface area contributed by atoms with Crippen LogP contribution in [0.5, 0.6) is 0 Å². The number of halogens is 1. The van der Waals surface area contributed by atoms with E-state index in [0.717, 1.165) is 5.56 Å². The highest BCUT2D eigenvalue weighted by Crippen LogP contribution is 2.16.